The molecule has 30 heavy (non-hydrogen) atoms. The van der Waals surface area contributed by atoms with Crippen LogP contribution in [0.2, 0.25) is 0 Å². The number of carbonyl (C=O) groups is 2. The van der Waals surface area contributed by atoms with Crippen LogP contribution in [-0.2, 0) is 16.0 Å². The lowest BCUT2D eigenvalue weighted by Crippen LogP contribution is -2.27. The van der Waals surface area contributed by atoms with Crippen LogP contribution in [0.15, 0.2) is 84.9 Å². The summed E-state index contributed by atoms with van der Waals surface area (Å²) in [5, 5.41) is 9.18. The van der Waals surface area contributed by atoms with Gasteiger partial charge in [0.1, 0.15) is 0 Å². The van der Waals surface area contributed by atoms with Crippen LogP contribution in [0.1, 0.15) is 30.4 Å². The van der Waals surface area contributed by atoms with Crippen LogP contribution in [0.3, 0.4) is 0 Å². The molecule has 5 nitrogen and oxygen atoms in total. The minimum absolute atomic E-state index is 0.272. The van der Waals surface area contributed by atoms with E-state index in [1.54, 1.807) is 11.8 Å². The lowest BCUT2D eigenvalue weighted by atomic mass is 9.98. The number of carboxylic acid groups (broad SMARTS) is 1. The number of hydrogen-bond acceptors (Lipinski definition) is 3. The van der Waals surface area contributed by atoms with E-state index in [4.69, 9.17) is 4.74 Å². The van der Waals surface area contributed by atoms with Crippen molar-refractivity contribution in [2.75, 3.05) is 11.5 Å². The number of anilines is 2. The Kier molecular flexibility index (Phi) is 7.22. The summed E-state index contributed by atoms with van der Waals surface area (Å²) in [6.45, 7) is 1.94. The van der Waals surface area contributed by atoms with Crippen molar-refractivity contribution in [2.24, 2.45) is 0 Å². The third-order valence-electron chi connectivity index (χ3n) is 4.87. The third-order valence-corrected chi connectivity index (χ3v) is 4.87. The molecule has 3 rings (SSSR count). The summed E-state index contributed by atoms with van der Waals surface area (Å²) in [7, 11) is 0. The molecule has 0 radical (unpaired) electrons. The van der Waals surface area contributed by atoms with Gasteiger partial charge in [0.15, 0.2) is 0 Å². The van der Waals surface area contributed by atoms with Crippen molar-refractivity contribution in [1.29, 1.82) is 0 Å². The van der Waals surface area contributed by atoms with E-state index in [0.717, 1.165) is 22.5 Å². The van der Waals surface area contributed by atoms with Crippen molar-refractivity contribution in [3.8, 4) is 0 Å². The standard InChI is InChI=1S/C25H25NO4/c1-19(24(27)28)21-12-8-10-20(18-21)11-9-17-30-25(29)26(22-13-4-2-5-14-22)23-15-6-3-7-16-23/h2-8,10,12-16,18-19H,9,11,17H2,1H3,(H,27,28). The molecule has 0 saturated heterocycles. The van der Waals surface area contributed by atoms with Crippen LogP contribution in [0.5, 0.6) is 0 Å². The average molecular weight is 403 g/mol. The van der Waals surface area contributed by atoms with Gasteiger partial charge in [-0.2, -0.15) is 0 Å². The van der Waals surface area contributed by atoms with Crippen molar-refractivity contribution < 1.29 is 19.4 Å². The number of carbonyl (C=O) groups excluding carboxylic acids is 1. The Balaban J connectivity index is 1.60. The number of aryl methyl sites for hydroxylation is 1. The fourth-order valence-electron chi connectivity index (χ4n) is 3.17. The minimum atomic E-state index is -0.844. The van der Waals surface area contributed by atoms with Crippen molar-refractivity contribution in [3.05, 3.63) is 96.1 Å². The number of rotatable bonds is 8. The van der Waals surface area contributed by atoms with Gasteiger partial charge in [0.05, 0.1) is 23.9 Å². The van der Waals surface area contributed by atoms with Gasteiger partial charge in [-0.1, -0.05) is 60.7 Å². The third kappa shape index (κ3) is 5.47. The molecule has 3 aromatic rings. The first kappa shape index (κ1) is 21.1. The molecule has 0 saturated carbocycles. The smallest absolute Gasteiger partial charge is 0.418 e. The number of aliphatic carboxylic acids is 1. The lowest BCUT2D eigenvalue weighted by Gasteiger charge is -2.22. The molecule has 1 amide bonds. The monoisotopic (exact) mass is 403 g/mol. The van der Waals surface area contributed by atoms with Crippen LogP contribution in [0, 0.1) is 0 Å². The van der Waals surface area contributed by atoms with Crippen molar-refractivity contribution in [2.45, 2.75) is 25.7 Å². The summed E-state index contributed by atoms with van der Waals surface area (Å²) in [5.74, 6) is -1.39. The van der Waals surface area contributed by atoms with Gasteiger partial charge in [-0.3, -0.25) is 4.79 Å². The highest BCUT2D eigenvalue weighted by Gasteiger charge is 2.19. The second kappa shape index (κ2) is 10.3. The van der Waals surface area contributed by atoms with E-state index < -0.39 is 18.0 Å². The molecule has 0 bridgehead atoms. The molecule has 0 heterocycles. The Morgan fingerprint density at radius 2 is 1.50 bits per heavy atom. The largest absolute Gasteiger partial charge is 0.481 e. The van der Waals surface area contributed by atoms with Crippen molar-refractivity contribution in [1.82, 2.24) is 0 Å². The highest BCUT2D eigenvalue weighted by atomic mass is 16.6. The molecule has 0 spiro atoms. The van der Waals surface area contributed by atoms with E-state index >= 15 is 0 Å². The molecule has 5 heteroatoms. The summed E-state index contributed by atoms with van der Waals surface area (Å²) in [6, 6.07) is 26.3. The molecular weight excluding hydrogens is 378 g/mol. The van der Waals surface area contributed by atoms with Crippen LogP contribution >= 0.6 is 0 Å². The van der Waals surface area contributed by atoms with Gasteiger partial charge in [-0.05, 0) is 55.2 Å². The van der Waals surface area contributed by atoms with Gasteiger partial charge >= 0.3 is 12.1 Å². The zero-order valence-corrected chi connectivity index (χ0v) is 16.9. The van der Waals surface area contributed by atoms with Crippen LogP contribution < -0.4 is 4.90 Å². The van der Waals surface area contributed by atoms with Gasteiger partial charge in [0.2, 0.25) is 0 Å². The molecule has 1 N–H and O–H groups in total. The second-order valence-electron chi connectivity index (χ2n) is 7.03. The summed E-state index contributed by atoms with van der Waals surface area (Å²) >= 11 is 0. The Morgan fingerprint density at radius 1 is 0.900 bits per heavy atom. The van der Waals surface area contributed by atoms with Gasteiger partial charge in [0, 0.05) is 0 Å². The fraction of sp³-hybridized carbons (Fsp3) is 0.200. The summed E-state index contributed by atoms with van der Waals surface area (Å²) < 4.78 is 5.54. The maximum Gasteiger partial charge on any atom is 0.418 e. The first-order valence-corrected chi connectivity index (χ1v) is 9.95. The Morgan fingerprint density at radius 3 is 2.07 bits per heavy atom. The van der Waals surface area contributed by atoms with Gasteiger partial charge in [0.25, 0.3) is 0 Å². The predicted octanol–water partition coefficient (Wildman–Crippen LogP) is 5.78. The number of benzene rings is 3. The van der Waals surface area contributed by atoms with E-state index in [1.807, 2.05) is 84.9 Å². The highest BCUT2D eigenvalue weighted by molar-refractivity contribution is 5.95. The molecule has 0 aliphatic rings. The molecule has 3 aromatic carbocycles. The summed E-state index contributed by atoms with van der Waals surface area (Å²) in [4.78, 5) is 25.5. The Hall–Kier alpha value is -3.60. The van der Waals surface area contributed by atoms with E-state index in [2.05, 4.69) is 0 Å². The first-order chi connectivity index (χ1) is 14.6. The predicted molar refractivity (Wildman–Crippen MR) is 117 cm³/mol. The molecule has 1 unspecified atom stereocenters. The normalized spacial score (nSPS) is 11.5. The number of ether oxygens (including phenoxy) is 1. The number of hydrogen-bond donors (Lipinski definition) is 1. The van der Waals surface area contributed by atoms with Gasteiger partial charge < -0.3 is 9.84 Å². The number of amides is 1. The van der Waals surface area contributed by atoms with Crippen LogP contribution in [0.4, 0.5) is 16.2 Å². The van der Waals surface area contributed by atoms with Crippen molar-refractivity contribution >= 4 is 23.4 Å². The summed E-state index contributed by atoms with van der Waals surface area (Å²) in [5.41, 5.74) is 3.28. The van der Waals surface area contributed by atoms with Gasteiger partial charge in [-0.25, -0.2) is 9.69 Å². The topological polar surface area (TPSA) is 66.8 Å². The van der Waals surface area contributed by atoms with Crippen LogP contribution in [0.25, 0.3) is 0 Å². The zero-order valence-electron chi connectivity index (χ0n) is 16.9. The molecule has 154 valence electrons. The maximum absolute atomic E-state index is 12.8. The quantitative estimate of drug-likeness (QED) is 0.484. The number of para-hydroxylation sites is 2. The molecule has 0 aliphatic carbocycles. The Bertz CT molecular complexity index is 933. The highest BCUT2D eigenvalue weighted by Crippen LogP contribution is 2.26. The van der Waals surface area contributed by atoms with Crippen molar-refractivity contribution in [3.63, 3.8) is 0 Å². The molecule has 0 aliphatic heterocycles. The van der Waals surface area contributed by atoms with E-state index in [-0.39, 0.29) is 6.61 Å². The zero-order chi connectivity index (χ0) is 21.3. The van der Waals surface area contributed by atoms with E-state index in [0.29, 0.717) is 12.8 Å². The SMILES string of the molecule is CC(C(=O)O)c1cccc(CCCOC(=O)N(c2ccccc2)c2ccccc2)c1. The van der Waals surface area contributed by atoms with Gasteiger partial charge in [-0.15, -0.1) is 0 Å². The van der Waals surface area contributed by atoms with E-state index in [9.17, 15) is 14.7 Å². The number of nitrogens with zero attached hydrogens (tertiary/aromatic N) is 1. The van der Waals surface area contributed by atoms with E-state index in [1.165, 1.54) is 0 Å². The number of carboxylic acids is 1. The second-order valence-corrected chi connectivity index (χ2v) is 7.03. The molecular formula is C25H25NO4. The molecule has 0 fully saturated rings. The van der Waals surface area contributed by atoms with Crippen LogP contribution in [-0.4, -0.2) is 23.8 Å². The average Bonchev–Trinajstić information content (AvgIpc) is 2.78. The first-order valence-electron chi connectivity index (χ1n) is 9.95. The summed E-state index contributed by atoms with van der Waals surface area (Å²) in [6.07, 6.45) is 0.915. The minimum Gasteiger partial charge on any atom is -0.481 e. The molecule has 1 atom stereocenters. The Labute approximate surface area is 176 Å². The fourth-order valence-corrected chi connectivity index (χ4v) is 3.17. The lowest BCUT2D eigenvalue weighted by molar-refractivity contribution is -0.138. The molecule has 0 aromatic heterocycles. The maximum atomic E-state index is 12.8.